The number of carbonyl (C=O) groups excluding carboxylic acids is 1. The van der Waals surface area contributed by atoms with Crippen molar-refractivity contribution in [2.24, 2.45) is 5.92 Å². The largest absolute Gasteiger partial charge is 0.454 e. The molecule has 6 nitrogen and oxygen atoms in total. The first-order valence-electron chi connectivity index (χ1n) is 8.55. The molecule has 0 aliphatic rings. The zero-order valence-corrected chi connectivity index (χ0v) is 14.7. The molecule has 2 aromatic heterocycles. The SMILES string of the molecule is CCC(CC)[C@@H](CCNC(=O)c1ccc(Cn2cccn2)o1)OC. The molecule has 24 heavy (non-hydrogen) atoms. The van der Waals surface area contributed by atoms with Crippen LogP contribution in [0.15, 0.2) is 35.0 Å². The van der Waals surface area contributed by atoms with Crippen LogP contribution < -0.4 is 5.32 Å². The van der Waals surface area contributed by atoms with Crippen molar-refractivity contribution in [1.29, 1.82) is 0 Å². The molecule has 2 heterocycles. The van der Waals surface area contributed by atoms with E-state index in [1.54, 1.807) is 30.1 Å². The normalized spacial score (nSPS) is 12.5. The van der Waals surface area contributed by atoms with Gasteiger partial charge in [-0.1, -0.05) is 26.7 Å². The standard InChI is InChI=1S/C18H27N3O3/c1-4-14(5-2)16(23-3)9-11-19-18(22)17-8-7-15(24-17)13-21-12-6-10-20-21/h6-8,10,12,14,16H,4-5,9,11,13H2,1-3H3,(H,19,22)/t16-/m1/s1. The van der Waals surface area contributed by atoms with E-state index in [9.17, 15) is 4.79 Å². The molecule has 0 aliphatic heterocycles. The third-order valence-corrected chi connectivity index (χ3v) is 4.35. The number of nitrogens with zero attached hydrogens (tertiary/aromatic N) is 2. The predicted molar refractivity (Wildman–Crippen MR) is 91.9 cm³/mol. The third kappa shape index (κ3) is 4.96. The lowest BCUT2D eigenvalue weighted by Crippen LogP contribution is -2.30. The second-order valence-corrected chi connectivity index (χ2v) is 5.86. The van der Waals surface area contributed by atoms with Crippen LogP contribution in [-0.2, 0) is 11.3 Å². The Morgan fingerprint density at radius 2 is 2.17 bits per heavy atom. The third-order valence-electron chi connectivity index (χ3n) is 4.35. The van der Waals surface area contributed by atoms with Gasteiger partial charge >= 0.3 is 0 Å². The molecule has 0 fully saturated rings. The summed E-state index contributed by atoms with van der Waals surface area (Å²) in [5, 5.41) is 7.02. The lowest BCUT2D eigenvalue weighted by Gasteiger charge is -2.23. The summed E-state index contributed by atoms with van der Waals surface area (Å²) in [4.78, 5) is 12.2. The van der Waals surface area contributed by atoms with E-state index in [1.807, 2.05) is 12.3 Å². The van der Waals surface area contributed by atoms with Gasteiger partial charge in [0.05, 0.1) is 12.6 Å². The van der Waals surface area contributed by atoms with Crippen LogP contribution in [0.1, 0.15) is 49.4 Å². The number of amides is 1. The second kappa shape index (κ2) is 9.27. The molecule has 0 saturated carbocycles. The van der Waals surface area contributed by atoms with Crippen molar-refractivity contribution in [1.82, 2.24) is 15.1 Å². The molecular formula is C18H27N3O3. The smallest absolute Gasteiger partial charge is 0.286 e. The average molecular weight is 333 g/mol. The van der Waals surface area contributed by atoms with Gasteiger partial charge in [-0.15, -0.1) is 0 Å². The number of methoxy groups -OCH3 is 1. The highest BCUT2D eigenvalue weighted by Crippen LogP contribution is 2.18. The Hall–Kier alpha value is -2.08. The fourth-order valence-electron chi connectivity index (χ4n) is 2.91. The van der Waals surface area contributed by atoms with E-state index in [4.69, 9.17) is 9.15 Å². The van der Waals surface area contributed by atoms with Crippen molar-refractivity contribution in [3.05, 3.63) is 42.1 Å². The highest BCUT2D eigenvalue weighted by molar-refractivity contribution is 5.91. The zero-order valence-electron chi connectivity index (χ0n) is 14.7. The Labute approximate surface area is 143 Å². The number of hydrogen-bond acceptors (Lipinski definition) is 4. The molecule has 132 valence electrons. The van der Waals surface area contributed by atoms with Gasteiger partial charge in [0.25, 0.3) is 5.91 Å². The summed E-state index contributed by atoms with van der Waals surface area (Å²) in [5.74, 6) is 1.36. The highest BCUT2D eigenvalue weighted by atomic mass is 16.5. The van der Waals surface area contributed by atoms with Gasteiger partial charge in [-0.05, 0) is 30.5 Å². The summed E-state index contributed by atoms with van der Waals surface area (Å²) in [7, 11) is 1.74. The molecular weight excluding hydrogens is 306 g/mol. The van der Waals surface area contributed by atoms with Crippen molar-refractivity contribution in [3.63, 3.8) is 0 Å². The van der Waals surface area contributed by atoms with Gasteiger partial charge in [0.1, 0.15) is 5.76 Å². The quantitative estimate of drug-likeness (QED) is 0.725. The zero-order chi connectivity index (χ0) is 17.4. The topological polar surface area (TPSA) is 69.3 Å². The van der Waals surface area contributed by atoms with E-state index in [0.717, 1.165) is 19.3 Å². The van der Waals surface area contributed by atoms with E-state index in [0.29, 0.717) is 30.5 Å². The molecule has 0 unspecified atom stereocenters. The van der Waals surface area contributed by atoms with E-state index < -0.39 is 0 Å². The summed E-state index contributed by atoms with van der Waals surface area (Å²) in [6.07, 6.45) is 6.70. The van der Waals surface area contributed by atoms with Crippen LogP contribution in [-0.4, -0.2) is 35.4 Å². The Balaban J connectivity index is 1.81. The van der Waals surface area contributed by atoms with Gasteiger partial charge < -0.3 is 14.5 Å². The number of furan rings is 1. The van der Waals surface area contributed by atoms with Crippen LogP contribution in [0.4, 0.5) is 0 Å². The fraction of sp³-hybridized carbons (Fsp3) is 0.556. The molecule has 2 aromatic rings. The monoisotopic (exact) mass is 333 g/mol. The van der Waals surface area contributed by atoms with Crippen molar-refractivity contribution in [2.45, 2.75) is 45.8 Å². The van der Waals surface area contributed by atoms with Gasteiger partial charge in [-0.25, -0.2) is 0 Å². The minimum Gasteiger partial charge on any atom is -0.454 e. The number of ether oxygens (including phenoxy) is 1. The van der Waals surface area contributed by atoms with Crippen molar-refractivity contribution < 1.29 is 13.9 Å². The van der Waals surface area contributed by atoms with Crippen molar-refractivity contribution in [3.8, 4) is 0 Å². The van der Waals surface area contributed by atoms with E-state index in [2.05, 4.69) is 24.3 Å². The maximum Gasteiger partial charge on any atom is 0.286 e. The van der Waals surface area contributed by atoms with E-state index in [-0.39, 0.29) is 12.0 Å². The predicted octanol–water partition coefficient (Wildman–Crippen LogP) is 3.10. The maximum absolute atomic E-state index is 12.2. The number of hydrogen-bond donors (Lipinski definition) is 1. The van der Waals surface area contributed by atoms with Crippen LogP contribution in [0.25, 0.3) is 0 Å². The van der Waals surface area contributed by atoms with E-state index >= 15 is 0 Å². The molecule has 0 bridgehead atoms. The van der Waals surface area contributed by atoms with Gasteiger partial charge in [0, 0.05) is 26.0 Å². The molecule has 0 radical (unpaired) electrons. The minimum atomic E-state index is -0.193. The van der Waals surface area contributed by atoms with Crippen LogP contribution in [0.2, 0.25) is 0 Å². The molecule has 6 heteroatoms. The Morgan fingerprint density at radius 1 is 1.38 bits per heavy atom. The number of carbonyl (C=O) groups is 1. The molecule has 0 spiro atoms. The first-order valence-corrected chi connectivity index (χ1v) is 8.55. The van der Waals surface area contributed by atoms with Crippen LogP contribution in [0.5, 0.6) is 0 Å². The van der Waals surface area contributed by atoms with Crippen LogP contribution in [0, 0.1) is 5.92 Å². The summed E-state index contributed by atoms with van der Waals surface area (Å²) in [6.45, 7) is 5.43. The molecule has 0 saturated heterocycles. The molecule has 1 amide bonds. The average Bonchev–Trinajstić information content (AvgIpc) is 3.26. The summed E-state index contributed by atoms with van der Waals surface area (Å²) in [5.41, 5.74) is 0. The molecule has 0 aliphatic carbocycles. The Kier molecular flexibility index (Phi) is 7.06. The molecule has 0 aromatic carbocycles. The maximum atomic E-state index is 12.2. The lowest BCUT2D eigenvalue weighted by molar-refractivity contribution is 0.0419. The van der Waals surface area contributed by atoms with Crippen molar-refractivity contribution in [2.75, 3.05) is 13.7 Å². The minimum absolute atomic E-state index is 0.173. The van der Waals surface area contributed by atoms with Crippen molar-refractivity contribution >= 4 is 5.91 Å². The van der Waals surface area contributed by atoms with E-state index in [1.165, 1.54) is 0 Å². The molecule has 2 rings (SSSR count). The lowest BCUT2D eigenvalue weighted by atomic mass is 9.94. The second-order valence-electron chi connectivity index (χ2n) is 5.86. The Bertz CT molecular complexity index is 603. The molecule has 1 atom stereocenters. The first-order chi connectivity index (χ1) is 11.7. The highest BCUT2D eigenvalue weighted by Gasteiger charge is 2.18. The molecule has 1 N–H and O–H groups in total. The Morgan fingerprint density at radius 3 is 2.79 bits per heavy atom. The van der Waals surface area contributed by atoms with Gasteiger partial charge in [-0.3, -0.25) is 9.48 Å². The summed E-state index contributed by atoms with van der Waals surface area (Å²) >= 11 is 0. The summed E-state index contributed by atoms with van der Waals surface area (Å²) in [6, 6.07) is 5.35. The van der Waals surface area contributed by atoms with Crippen LogP contribution in [0.3, 0.4) is 0 Å². The number of nitrogens with one attached hydrogen (secondary N) is 1. The first kappa shape index (κ1) is 18.3. The van der Waals surface area contributed by atoms with Gasteiger partial charge in [-0.2, -0.15) is 5.10 Å². The number of rotatable bonds is 10. The van der Waals surface area contributed by atoms with Gasteiger partial charge in [0.15, 0.2) is 5.76 Å². The fourth-order valence-corrected chi connectivity index (χ4v) is 2.91. The van der Waals surface area contributed by atoms with Crippen LogP contribution >= 0.6 is 0 Å². The number of aromatic nitrogens is 2. The van der Waals surface area contributed by atoms with Gasteiger partial charge in [0.2, 0.25) is 0 Å². The summed E-state index contributed by atoms with van der Waals surface area (Å²) < 4.78 is 12.9.